The Labute approximate surface area is 145 Å². The van der Waals surface area contributed by atoms with Crippen molar-refractivity contribution in [1.29, 1.82) is 0 Å². The van der Waals surface area contributed by atoms with E-state index >= 15 is 0 Å². The summed E-state index contributed by atoms with van der Waals surface area (Å²) >= 11 is 0. The van der Waals surface area contributed by atoms with Gasteiger partial charge in [-0.2, -0.15) is 0 Å². The summed E-state index contributed by atoms with van der Waals surface area (Å²) in [6, 6.07) is 15.0. The molecule has 2 aromatic rings. The zero-order valence-electron chi connectivity index (χ0n) is 15.0. The van der Waals surface area contributed by atoms with Crippen LogP contribution in [0.1, 0.15) is 44.9 Å². The van der Waals surface area contributed by atoms with Crippen LogP contribution in [-0.2, 0) is 17.9 Å². The molecular weight excluding hydrogens is 296 g/mol. The molecule has 0 saturated heterocycles. The molecule has 1 unspecified atom stereocenters. The third-order valence-corrected chi connectivity index (χ3v) is 5.12. The zero-order chi connectivity index (χ0) is 17.1. The van der Waals surface area contributed by atoms with Gasteiger partial charge in [0.1, 0.15) is 0 Å². The molecule has 0 N–H and O–H groups in total. The molecule has 1 aromatic heterocycles. The Morgan fingerprint density at radius 3 is 2.46 bits per heavy atom. The van der Waals surface area contributed by atoms with Crippen LogP contribution in [0.3, 0.4) is 0 Å². The minimum absolute atomic E-state index is 0.262. The first-order chi connectivity index (χ1) is 11.6. The standard InChI is InChI=1S/C21H28N2O/c1-16(2)17(3)23(21(24)19-11-12-19)15-20-10-7-13-22(20)14-18-8-5-4-6-9-18/h4-10,13,16-17,19H,11-12,14-15H2,1-3H3. The van der Waals surface area contributed by atoms with Crippen molar-refractivity contribution in [3.8, 4) is 0 Å². The molecule has 3 heteroatoms. The van der Waals surface area contributed by atoms with E-state index in [1.54, 1.807) is 0 Å². The van der Waals surface area contributed by atoms with Gasteiger partial charge in [-0.3, -0.25) is 4.79 Å². The number of carbonyl (C=O) groups excluding carboxylic acids is 1. The average molecular weight is 324 g/mol. The molecule has 1 aliphatic rings. The molecule has 128 valence electrons. The maximum atomic E-state index is 12.8. The van der Waals surface area contributed by atoms with Crippen molar-refractivity contribution in [3.63, 3.8) is 0 Å². The number of rotatable bonds is 7. The normalized spacial score (nSPS) is 15.5. The smallest absolute Gasteiger partial charge is 0.226 e. The molecule has 1 aromatic carbocycles. The van der Waals surface area contributed by atoms with Crippen molar-refractivity contribution in [1.82, 2.24) is 9.47 Å². The Balaban J connectivity index is 1.77. The fourth-order valence-corrected chi connectivity index (χ4v) is 3.05. The van der Waals surface area contributed by atoms with Gasteiger partial charge >= 0.3 is 0 Å². The first-order valence-corrected chi connectivity index (χ1v) is 9.04. The highest BCUT2D eigenvalue weighted by Gasteiger charge is 2.36. The van der Waals surface area contributed by atoms with E-state index in [-0.39, 0.29) is 12.0 Å². The molecule has 1 atom stereocenters. The summed E-state index contributed by atoms with van der Waals surface area (Å²) in [6.07, 6.45) is 4.23. The number of benzene rings is 1. The number of aromatic nitrogens is 1. The fraction of sp³-hybridized carbons (Fsp3) is 0.476. The van der Waals surface area contributed by atoms with Crippen LogP contribution in [0.2, 0.25) is 0 Å². The van der Waals surface area contributed by atoms with Gasteiger partial charge in [0.25, 0.3) is 0 Å². The number of carbonyl (C=O) groups is 1. The lowest BCUT2D eigenvalue weighted by Crippen LogP contribution is -2.42. The molecule has 1 saturated carbocycles. The van der Waals surface area contributed by atoms with Crippen LogP contribution < -0.4 is 0 Å². The largest absolute Gasteiger partial charge is 0.345 e. The molecule has 24 heavy (non-hydrogen) atoms. The van der Waals surface area contributed by atoms with Crippen molar-refractivity contribution in [2.24, 2.45) is 11.8 Å². The predicted octanol–water partition coefficient (Wildman–Crippen LogP) is 4.32. The highest BCUT2D eigenvalue weighted by Crippen LogP contribution is 2.33. The summed E-state index contributed by atoms with van der Waals surface area (Å²) in [5.41, 5.74) is 2.49. The zero-order valence-corrected chi connectivity index (χ0v) is 15.0. The van der Waals surface area contributed by atoms with E-state index < -0.39 is 0 Å². The Morgan fingerprint density at radius 2 is 1.83 bits per heavy atom. The Morgan fingerprint density at radius 1 is 1.12 bits per heavy atom. The van der Waals surface area contributed by atoms with Crippen LogP contribution >= 0.6 is 0 Å². The monoisotopic (exact) mass is 324 g/mol. The van der Waals surface area contributed by atoms with E-state index in [4.69, 9.17) is 0 Å². The minimum Gasteiger partial charge on any atom is -0.345 e. The molecule has 0 bridgehead atoms. The lowest BCUT2D eigenvalue weighted by molar-refractivity contribution is -0.136. The molecular formula is C21H28N2O. The topological polar surface area (TPSA) is 25.2 Å². The highest BCUT2D eigenvalue weighted by atomic mass is 16.2. The van der Waals surface area contributed by atoms with E-state index in [2.05, 4.69) is 72.8 Å². The Kier molecular flexibility index (Phi) is 5.08. The summed E-state index contributed by atoms with van der Waals surface area (Å²) < 4.78 is 2.26. The first-order valence-electron chi connectivity index (χ1n) is 9.04. The molecule has 0 radical (unpaired) electrons. The summed E-state index contributed by atoms with van der Waals surface area (Å²) in [6.45, 7) is 8.12. The number of nitrogens with zero attached hydrogens (tertiary/aromatic N) is 2. The van der Waals surface area contributed by atoms with E-state index in [1.165, 1.54) is 11.3 Å². The maximum absolute atomic E-state index is 12.8. The summed E-state index contributed by atoms with van der Waals surface area (Å²) in [4.78, 5) is 14.9. The van der Waals surface area contributed by atoms with E-state index in [0.29, 0.717) is 18.4 Å². The van der Waals surface area contributed by atoms with Gasteiger partial charge in [0.15, 0.2) is 0 Å². The summed E-state index contributed by atoms with van der Waals surface area (Å²) in [5, 5.41) is 0. The van der Waals surface area contributed by atoms with Crippen LogP contribution in [-0.4, -0.2) is 21.4 Å². The second kappa shape index (κ2) is 7.25. The molecule has 0 aliphatic heterocycles. The molecule has 1 amide bonds. The lowest BCUT2D eigenvalue weighted by Gasteiger charge is -2.32. The van der Waals surface area contributed by atoms with E-state index in [1.807, 2.05) is 6.07 Å². The van der Waals surface area contributed by atoms with Gasteiger partial charge in [0, 0.05) is 30.4 Å². The van der Waals surface area contributed by atoms with Crippen molar-refractivity contribution in [2.75, 3.05) is 0 Å². The van der Waals surface area contributed by atoms with Crippen LogP contribution in [0.15, 0.2) is 48.7 Å². The van der Waals surface area contributed by atoms with E-state index in [9.17, 15) is 4.79 Å². The molecule has 3 nitrogen and oxygen atoms in total. The maximum Gasteiger partial charge on any atom is 0.226 e. The van der Waals surface area contributed by atoms with Crippen LogP contribution in [0.4, 0.5) is 0 Å². The van der Waals surface area contributed by atoms with Gasteiger partial charge in [-0.15, -0.1) is 0 Å². The minimum atomic E-state index is 0.262. The SMILES string of the molecule is CC(C)C(C)N(Cc1cccn1Cc1ccccc1)C(=O)C1CC1. The van der Waals surface area contributed by atoms with Gasteiger partial charge in [-0.1, -0.05) is 44.2 Å². The number of amides is 1. The Hall–Kier alpha value is -2.03. The third-order valence-electron chi connectivity index (χ3n) is 5.12. The fourth-order valence-electron chi connectivity index (χ4n) is 3.05. The molecule has 1 aliphatic carbocycles. The van der Waals surface area contributed by atoms with Crippen LogP contribution in [0.25, 0.3) is 0 Å². The van der Waals surface area contributed by atoms with Crippen molar-refractivity contribution in [3.05, 3.63) is 59.9 Å². The second-order valence-corrected chi connectivity index (χ2v) is 7.34. The van der Waals surface area contributed by atoms with Gasteiger partial charge in [-0.25, -0.2) is 0 Å². The van der Waals surface area contributed by atoms with Gasteiger partial charge in [0.2, 0.25) is 5.91 Å². The second-order valence-electron chi connectivity index (χ2n) is 7.34. The average Bonchev–Trinajstić information content (AvgIpc) is 3.34. The van der Waals surface area contributed by atoms with Crippen LogP contribution in [0, 0.1) is 11.8 Å². The summed E-state index contributed by atoms with van der Waals surface area (Å²) in [5.74, 6) is 1.07. The van der Waals surface area contributed by atoms with Gasteiger partial charge < -0.3 is 9.47 Å². The quantitative estimate of drug-likeness (QED) is 0.744. The molecule has 0 spiro atoms. The molecule has 3 rings (SSSR count). The van der Waals surface area contributed by atoms with Crippen molar-refractivity contribution in [2.45, 2.75) is 52.7 Å². The predicted molar refractivity (Wildman–Crippen MR) is 97.6 cm³/mol. The first kappa shape index (κ1) is 16.8. The van der Waals surface area contributed by atoms with Crippen LogP contribution in [0.5, 0.6) is 0 Å². The highest BCUT2D eigenvalue weighted by molar-refractivity contribution is 5.81. The molecule has 1 fully saturated rings. The van der Waals surface area contributed by atoms with Gasteiger partial charge in [0.05, 0.1) is 6.54 Å². The number of hydrogen-bond acceptors (Lipinski definition) is 1. The van der Waals surface area contributed by atoms with Crippen molar-refractivity contribution < 1.29 is 4.79 Å². The Bertz CT molecular complexity index is 670. The summed E-state index contributed by atoms with van der Waals surface area (Å²) in [7, 11) is 0. The van der Waals surface area contributed by atoms with Gasteiger partial charge in [-0.05, 0) is 43.4 Å². The number of hydrogen-bond donors (Lipinski definition) is 0. The van der Waals surface area contributed by atoms with E-state index in [0.717, 1.165) is 19.4 Å². The molecule has 1 heterocycles. The third kappa shape index (κ3) is 3.89. The lowest BCUT2D eigenvalue weighted by atomic mass is 10.0. The van der Waals surface area contributed by atoms with Crippen molar-refractivity contribution >= 4 is 5.91 Å².